The summed E-state index contributed by atoms with van der Waals surface area (Å²) in [4.78, 5) is 44.7. The Morgan fingerprint density at radius 3 is 2.97 bits per heavy atom. The number of aromatic nitrogens is 2. The summed E-state index contributed by atoms with van der Waals surface area (Å²) in [5, 5.41) is 14.8. The van der Waals surface area contributed by atoms with Crippen LogP contribution in [0.5, 0.6) is 5.75 Å². The Hall–Kier alpha value is -2.92. The number of aromatic amines is 1. The summed E-state index contributed by atoms with van der Waals surface area (Å²) >= 11 is 2.62. The molecule has 1 aliphatic carbocycles. The highest BCUT2D eigenvalue weighted by Crippen LogP contribution is 2.34. The summed E-state index contributed by atoms with van der Waals surface area (Å²) in [5.41, 5.74) is 0.739. The lowest BCUT2D eigenvalue weighted by atomic mass is 9.97. The molecular weight excluding hydrogens is 428 g/mol. The van der Waals surface area contributed by atoms with Crippen LogP contribution in [-0.2, 0) is 17.6 Å². The minimum Gasteiger partial charge on any atom is -0.496 e. The van der Waals surface area contributed by atoms with Crippen molar-refractivity contribution >= 4 is 50.6 Å². The Morgan fingerprint density at radius 1 is 1.40 bits per heavy atom. The first kappa shape index (κ1) is 20.4. The Balaban J connectivity index is 1.49. The number of nitrogens with zero attached hydrogens (tertiary/aromatic N) is 2. The third-order valence-corrected chi connectivity index (χ3v) is 6.88. The minimum atomic E-state index is -0.586. The average molecular weight is 447 g/mol. The average Bonchev–Trinajstić information content (AvgIpc) is 3.11. The van der Waals surface area contributed by atoms with E-state index in [0.29, 0.717) is 21.1 Å². The highest BCUT2D eigenvalue weighted by Gasteiger charge is 2.21. The molecule has 0 fully saturated rings. The Kier molecular flexibility index (Phi) is 5.73. The van der Waals surface area contributed by atoms with Crippen molar-refractivity contribution in [3.8, 4) is 5.75 Å². The van der Waals surface area contributed by atoms with Crippen LogP contribution in [-0.4, -0.2) is 33.7 Å². The predicted octanol–water partition coefficient (Wildman–Crippen LogP) is 3.51. The van der Waals surface area contributed by atoms with Crippen LogP contribution >= 0.6 is 23.1 Å². The van der Waals surface area contributed by atoms with Gasteiger partial charge in [-0.2, -0.15) is 0 Å². The number of nitrogens with one attached hydrogen (secondary N) is 2. The van der Waals surface area contributed by atoms with Crippen molar-refractivity contribution in [3.05, 3.63) is 49.1 Å². The number of hydrogen-bond donors (Lipinski definition) is 2. The van der Waals surface area contributed by atoms with Crippen LogP contribution in [0.1, 0.15) is 23.3 Å². The van der Waals surface area contributed by atoms with Crippen LogP contribution in [0.3, 0.4) is 0 Å². The molecule has 1 amide bonds. The van der Waals surface area contributed by atoms with Gasteiger partial charge < -0.3 is 15.0 Å². The van der Waals surface area contributed by atoms with E-state index in [-0.39, 0.29) is 22.7 Å². The molecule has 0 spiro atoms. The first-order valence-electron chi connectivity index (χ1n) is 9.26. The molecular formula is C19H18N4O5S2. The van der Waals surface area contributed by atoms with Gasteiger partial charge in [-0.25, -0.2) is 4.98 Å². The molecule has 11 heteroatoms. The van der Waals surface area contributed by atoms with Crippen LogP contribution in [0.25, 0.3) is 10.2 Å². The standard InChI is InChI=1S/C19H18N4O5S2/c1-28-10-6-7-12(13(8-10)23(26)27)20-15(24)9-29-19-21-17(25)16-11-4-2-3-5-14(11)30-18(16)22-19/h6-8H,2-5,9H2,1H3,(H,20,24)(H,21,22,25). The number of thiophene rings is 1. The minimum absolute atomic E-state index is 0.0529. The lowest BCUT2D eigenvalue weighted by molar-refractivity contribution is -0.384. The number of anilines is 1. The third-order valence-electron chi connectivity index (χ3n) is 4.82. The maximum atomic E-state index is 12.6. The van der Waals surface area contributed by atoms with Gasteiger partial charge in [-0.15, -0.1) is 11.3 Å². The van der Waals surface area contributed by atoms with Crippen LogP contribution in [0.4, 0.5) is 11.4 Å². The van der Waals surface area contributed by atoms with Crippen LogP contribution < -0.4 is 15.6 Å². The van der Waals surface area contributed by atoms with Crippen molar-refractivity contribution in [3.63, 3.8) is 0 Å². The summed E-state index contributed by atoms with van der Waals surface area (Å²) in [5.74, 6) is -0.174. The number of H-pyrrole nitrogens is 1. The zero-order chi connectivity index (χ0) is 21.3. The summed E-state index contributed by atoms with van der Waals surface area (Å²) < 4.78 is 4.98. The lowest BCUT2D eigenvalue weighted by Crippen LogP contribution is -2.16. The SMILES string of the molecule is COc1ccc(NC(=O)CSc2nc3sc4c(c3c(=O)[nH]2)CCCC4)c([N+](=O)[O-])c1. The fourth-order valence-electron chi connectivity index (χ4n) is 3.43. The number of carbonyl (C=O) groups is 1. The van der Waals surface area contributed by atoms with Crippen molar-refractivity contribution in [2.24, 2.45) is 0 Å². The molecule has 0 aliphatic heterocycles. The molecule has 0 atom stereocenters. The molecule has 4 rings (SSSR count). The van der Waals surface area contributed by atoms with E-state index in [2.05, 4.69) is 15.3 Å². The molecule has 1 aliphatic rings. The van der Waals surface area contributed by atoms with Crippen molar-refractivity contribution in [2.45, 2.75) is 30.8 Å². The van der Waals surface area contributed by atoms with E-state index in [4.69, 9.17) is 4.74 Å². The molecule has 9 nitrogen and oxygen atoms in total. The molecule has 0 saturated carbocycles. The van der Waals surface area contributed by atoms with Gasteiger partial charge >= 0.3 is 0 Å². The number of thioether (sulfide) groups is 1. The van der Waals surface area contributed by atoms with E-state index in [1.807, 2.05) is 0 Å². The number of amides is 1. The van der Waals surface area contributed by atoms with E-state index in [1.165, 1.54) is 30.2 Å². The van der Waals surface area contributed by atoms with E-state index >= 15 is 0 Å². The smallest absolute Gasteiger partial charge is 0.296 e. The van der Waals surface area contributed by atoms with E-state index in [0.717, 1.165) is 43.0 Å². The van der Waals surface area contributed by atoms with Gasteiger partial charge in [-0.05, 0) is 43.4 Å². The molecule has 0 bridgehead atoms. The monoisotopic (exact) mass is 446 g/mol. The van der Waals surface area contributed by atoms with E-state index < -0.39 is 10.8 Å². The number of rotatable bonds is 6. The fraction of sp³-hybridized carbons (Fsp3) is 0.316. The number of nitro benzene ring substituents is 1. The summed E-state index contributed by atoms with van der Waals surface area (Å²) in [6.45, 7) is 0. The van der Waals surface area contributed by atoms with Gasteiger partial charge in [0, 0.05) is 4.88 Å². The third kappa shape index (κ3) is 4.03. The van der Waals surface area contributed by atoms with Crippen molar-refractivity contribution in [2.75, 3.05) is 18.2 Å². The Morgan fingerprint density at radius 2 is 2.20 bits per heavy atom. The second-order valence-electron chi connectivity index (χ2n) is 6.74. The zero-order valence-corrected chi connectivity index (χ0v) is 17.7. The van der Waals surface area contributed by atoms with Gasteiger partial charge in [-0.3, -0.25) is 19.7 Å². The topological polar surface area (TPSA) is 127 Å². The van der Waals surface area contributed by atoms with Gasteiger partial charge in [0.05, 0.1) is 29.2 Å². The number of nitro groups is 1. The quantitative estimate of drug-likeness (QED) is 0.257. The van der Waals surface area contributed by atoms with Gasteiger partial charge in [0.1, 0.15) is 16.3 Å². The largest absolute Gasteiger partial charge is 0.496 e. The first-order chi connectivity index (χ1) is 14.5. The van der Waals surface area contributed by atoms with Gasteiger partial charge in [-0.1, -0.05) is 11.8 Å². The number of ether oxygens (including phenoxy) is 1. The van der Waals surface area contributed by atoms with Crippen LogP contribution in [0.2, 0.25) is 0 Å². The molecule has 0 unspecified atom stereocenters. The fourth-order valence-corrected chi connectivity index (χ4v) is 5.41. The van der Waals surface area contributed by atoms with Crippen LogP contribution in [0, 0.1) is 10.1 Å². The van der Waals surface area contributed by atoms with Gasteiger partial charge in [0.2, 0.25) is 5.91 Å². The first-order valence-corrected chi connectivity index (χ1v) is 11.1. The zero-order valence-electron chi connectivity index (χ0n) is 16.0. The molecule has 2 aromatic heterocycles. The molecule has 1 aromatic carbocycles. The molecule has 0 saturated heterocycles. The van der Waals surface area contributed by atoms with Crippen LogP contribution in [0.15, 0.2) is 28.2 Å². The van der Waals surface area contributed by atoms with E-state index in [9.17, 15) is 19.7 Å². The second kappa shape index (κ2) is 8.44. The number of carbonyl (C=O) groups excluding carboxylic acids is 1. The summed E-state index contributed by atoms with van der Waals surface area (Å²) in [6.07, 6.45) is 4.07. The highest BCUT2D eigenvalue weighted by molar-refractivity contribution is 7.99. The highest BCUT2D eigenvalue weighted by atomic mass is 32.2. The van der Waals surface area contributed by atoms with Crippen molar-refractivity contribution < 1.29 is 14.5 Å². The maximum Gasteiger partial charge on any atom is 0.296 e. The normalized spacial score (nSPS) is 13.1. The van der Waals surface area contributed by atoms with E-state index in [1.54, 1.807) is 11.3 Å². The number of fused-ring (bicyclic) bond motifs is 3. The van der Waals surface area contributed by atoms with Crippen molar-refractivity contribution in [1.82, 2.24) is 9.97 Å². The second-order valence-corrected chi connectivity index (χ2v) is 8.79. The molecule has 3 aromatic rings. The Bertz CT molecular complexity index is 1200. The lowest BCUT2D eigenvalue weighted by Gasteiger charge is -2.09. The number of benzene rings is 1. The number of hydrogen-bond acceptors (Lipinski definition) is 8. The number of methoxy groups -OCH3 is 1. The maximum absolute atomic E-state index is 12.6. The van der Waals surface area contributed by atoms with Gasteiger partial charge in [0.25, 0.3) is 11.2 Å². The number of aryl methyl sites for hydroxylation is 2. The van der Waals surface area contributed by atoms with Gasteiger partial charge in [0.15, 0.2) is 5.16 Å². The molecule has 2 N–H and O–H groups in total. The predicted molar refractivity (Wildman–Crippen MR) is 116 cm³/mol. The molecule has 0 radical (unpaired) electrons. The summed E-state index contributed by atoms with van der Waals surface area (Å²) in [6, 6.07) is 4.19. The Labute approximate surface area is 179 Å². The molecule has 2 heterocycles. The molecule has 156 valence electrons. The van der Waals surface area contributed by atoms with Crippen molar-refractivity contribution in [1.29, 1.82) is 0 Å². The summed E-state index contributed by atoms with van der Waals surface area (Å²) in [7, 11) is 1.41. The molecule has 30 heavy (non-hydrogen) atoms.